The number of nitrogens with zero attached hydrogens (tertiary/aromatic N) is 1. The average Bonchev–Trinajstić information content (AvgIpc) is 2.80. The highest BCUT2D eigenvalue weighted by Gasteiger charge is 2.05. The molecule has 3 rings (SSSR count). The van der Waals surface area contributed by atoms with Gasteiger partial charge in [-0.2, -0.15) is 0 Å². The molecule has 31 heavy (non-hydrogen) atoms. The Labute approximate surface area is 182 Å². The van der Waals surface area contributed by atoms with Crippen molar-refractivity contribution in [1.29, 1.82) is 0 Å². The van der Waals surface area contributed by atoms with Crippen LogP contribution in [0.15, 0.2) is 66.9 Å². The summed E-state index contributed by atoms with van der Waals surface area (Å²) < 4.78 is 16.0. The zero-order valence-electron chi connectivity index (χ0n) is 17.8. The number of ether oxygens (including phenoxy) is 3. The summed E-state index contributed by atoms with van der Waals surface area (Å²) in [4.78, 5) is 16.4. The van der Waals surface area contributed by atoms with Gasteiger partial charge in [-0.25, -0.2) is 4.98 Å². The molecular weight excluding hydrogens is 394 g/mol. The standard InChI is InChI=1S/C24H27N3O4/c1-3-30-21-9-11-22(12-10-21)31-17-24(28)27-19-6-13-23(26-16-19)25-15-14-18-4-7-20(29-2)8-5-18/h4-13,16H,3,14-15,17H2,1-2H3,(H,25,26)(H,27,28). The number of pyridine rings is 1. The molecule has 1 aromatic heterocycles. The van der Waals surface area contributed by atoms with E-state index in [0.29, 0.717) is 18.0 Å². The number of aromatic nitrogens is 1. The zero-order chi connectivity index (χ0) is 21.9. The van der Waals surface area contributed by atoms with Crippen LogP contribution >= 0.6 is 0 Å². The van der Waals surface area contributed by atoms with E-state index in [1.807, 2.05) is 37.3 Å². The maximum Gasteiger partial charge on any atom is 0.262 e. The van der Waals surface area contributed by atoms with Crippen LogP contribution < -0.4 is 24.8 Å². The fraction of sp³-hybridized carbons (Fsp3) is 0.250. The minimum absolute atomic E-state index is 0.0875. The fourth-order valence-corrected chi connectivity index (χ4v) is 2.84. The van der Waals surface area contributed by atoms with Gasteiger partial charge in [-0.3, -0.25) is 4.79 Å². The van der Waals surface area contributed by atoms with Crippen LogP contribution in [0, 0.1) is 0 Å². The van der Waals surface area contributed by atoms with Crippen molar-refractivity contribution >= 4 is 17.4 Å². The summed E-state index contributed by atoms with van der Waals surface area (Å²) in [7, 11) is 1.66. The Balaban J connectivity index is 1.39. The Bertz CT molecular complexity index is 942. The summed E-state index contributed by atoms with van der Waals surface area (Å²) in [6.07, 6.45) is 2.48. The Hall–Kier alpha value is -3.74. The number of anilines is 2. The van der Waals surface area contributed by atoms with Crippen LogP contribution in [0.2, 0.25) is 0 Å². The average molecular weight is 421 g/mol. The van der Waals surface area contributed by atoms with Crippen LogP contribution in [-0.4, -0.2) is 37.8 Å². The molecule has 0 atom stereocenters. The van der Waals surface area contributed by atoms with Gasteiger partial charge in [0, 0.05) is 6.54 Å². The van der Waals surface area contributed by atoms with Gasteiger partial charge in [0.15, 0.2) is 6.61 Å². The highest BCUT2D eigenvalue weighted by molar-refractivity contribution is 5.91. The lowest BCUT2D eigenvalue weighted by molar-refractivity contribution is -0.118. The van der Waals surface area contributed by atoms with Crippen molar-refractivity contribution in [3.63, 3.8) is 0 Å². The van der Waals surface area contributed by atoms with Gasteiger partial charge in [-0.05, 0) is 67.4 Å². The SMILES string of the molecule is CCOc1ccc(OCC(=O)Nc2ccc(NCCc3ccc(OC)cc3)nc2)cc1. The van der Waals surface area contributed by atoms with Crippen LogP contribution in [0.25, 0.3) is 0 Å². The minimum atomic E-state index is -0.254. The monoisotopic (exact) mass is 421 g/mol. The molecule has 0 aliphatic carbocycles. The lowest BCUT2D eigenvalue weighted by Crippen LogP contribution is -2.20. The predicted molar refractivity (Wildman–Crippen MR) is 121 cm³/mol. The van der Waals surface area contributed by atoms with Crippen molar-refractivity contribution in [2.75, 3.05) is 37.5 Å². The molecule has 0 saturated heterocycles. The summed E-state index contributed by atoms with van der Waals surface area (Å²) in [5, 5.41) is 6.05. The first-order valence-electron chi connectivity index (χ1n) is 10.1. The van der Waals surface area contributed by atoms with Crippen LogP contribution in [-0.2, 0) is 11.2 Å². The Morgan fingerprint density at radius 3 is 2.19 bits per heavy atom. The second-order valence-corrected chi connectivity index (χ2v) is 6.70. The summed E-state index contributed by atoms with van der Waals surface area (Å²) in [5.74, 6) is 2.71. The summed E-state index contributed by atoms with van der Waals surface area (Å²) in [6, 6.07) is 18.8. The molecule has 1 amide bonds. The van der Waals surface area contributed by atoms with E-state index in [9.17, 15) is 4.79 Å². The quantitative estimate of drug-likeness (QED) is 0.484. The number of hydrogen-bond donors (Lipinski definition) is 2. The topological polar surface area (TPSA) is 81.7 Å². The van der Waals surface area contributed by atoms with Crippen molar-refractivity contribution < 1.29 is 19.0 Å². The third-order valence-electron chi connectivity index (χ3n) is 4.43. The molecule has 162 valence electrons. The second kappa shape index (κ2) is 11.4. The molecule has 0 spiro atoms. The number of benzene rings is 2. The van der Waals surface area contributed by atoms with Crippen molar-refractivity contribution in [3.05, 3.63) is 72.4 Å². The van der Waals surface area contributed by atoms with Crippen molar-refractivity contribution in [1.82, 2.24) is 4.98 Å². The van der Waals surface area contributed by atoms with Crippen molar-refractivity contribution in [3.8, 4) is 17.2 Å². The molecule has 3 aromatic rings. The van der Waals surface area contributed by atoms with E-state index in [0.717, 1.165) is 30.3 Å². The third-order valence-corrected chi connectivity index (χ3v) is 4.43. The van der Waals surface area contributed by atoms with Gasteiger partial charge in [0.05, 0.1) is 25.6 Å². The molecule has 7 nitrogen and oxygen atoms in total. The zero-order valence-corrected chi connectivity index (χ0v) is 17.8. The molecule has 0 aliphatic rings. The molecule has 0 radical (unpaired) electrons. The number of hydrogen-bond acceptors (Lipinski definition) is 6. The lowest BCUT2D eigenvalue weighted by Gasteiger charge is -2.10. The number of carbonyl (C=O) groups is 1. The molecule has 1 heterocycles. The summed E-state index contributed by atoms with van der Waals surface area (Å²) in [5.41, 5.74) is 1.82. The van der Waals surface area contributed by atoms with Crippen LogP contribution in [0.3, 0.4) is 0 Å². The predicted octanol–water partition coefficient (Wildman–Crippen LogP) is 4.16. The van der Waals surface area contributed by atoms with Crippen molar-refractivity contribution in [2.24, 2.45) is 0 Å². The van der Waals surface area contributed by atoms with Crippen LogP contribution in [0.5, 0.6) is 17.2 Å². The Kier molecular flexibility index (Phi) is 8.11. The molecule has 0 bridgehead atoms. The fourth-order valence-electron chi connectivity index (χ4n) is 2.84. The van der Waals surface area contributed by atoms with Gasteiger partial charge >= 0.3 is 0 Å². The Morgan fingerprint density at radius 2 is 1.58 bits per heavy atom. The number of carbonyl (C=O) groups excluding carboxylic acids is 1. The van der Waals surface area contributed by atoms with Gasteiger partial charge in [0.1, 0.15) is 23.1 Å². The number of amides is 1. The Morgan fingerprint density at radius 1 is 0.903 bits per heavy atom. The molecule has 7 heteroatoms. The van der Waals surface area contributed by atoms with E-state index in [1.165, 1.54) is 5.56 Å². The lowest BCUT2D eigenvalue weighted by atomic mass is 10.1. The van der Waals surface area contributed by atoms with Crippen LogP contribution in [0.1, 0.15) is 12.5 Å². The maximum absolute atomic E-state index is 12.1. The maximum atomic E-state index is 12.1. The largest absolute Gasteiger partial charge is 0.497 e. The normalized spacial score (nSPS) is 10.3. The van der Waals surface area contributed by atoms with Gasteiger partial charge in [-0.15, -0.1) is 0 Å². The molecule has 2 N–H and O–H groups in total. The second-order valence-electron chi connectivity index (χ2n) is 6.70. The van der Waals surface area contributed by atoms with E-state index in [2.05, 4.69) is 15.6 Å². The van der Waals surface area contributed by atoms with E-state index in [1.54, 1.807) is 43.6 Å². The van der Waals surface area contributed by atoms with Gasteiger partial charge in [-0.1, -0.05) is 12.1 Å². The van der Waals surface area contributed by atoms with E-state index in [4.69, 9.17) is 14.2 Å². The summed E-state index contributed by atoms with van der Waals surface area (Å²) >= 11 is 0. The molecule has 0 unspecified atom stereocenters. The van der Waals surface area contributed by atoms with E-state index >= 15 is 0 Å². The van der Waals surface area contributed by atoms with E-state index in [-0.39, 0.29) is 12.5 Å². The van der Waals surface area contributed by atoms with Gasteiger partial charge < -0.3 is 24.8 Å². The van der Waals surface area contributed by atoms with Gasteiger partial charge in [0.2, 0.25) is 0 Å². The smallest absolute Gasteiger partial charge is 0.262 e. The van der Waals surface area contributed by atoms with Crippen molar-refractivity contribution in [2.45, 2.75) is 13.3 Å². The molecule has 0 saturated carbocycles. The molecule has 0 fully saturated rings. The number of rotatable bonds is 11. The highest BCUT2D eigenvalue weighted by atomic mass is 16.5. The van der Waals surface area contributed by atoms with Gasteiger partial charge in [0.25, 0.3) is 5.91 Å². The first-order chi connectivity index (χ1) is 15.2. The highest BCUT2D eigenvalue weighted by Crippen LogP contribution is 2.18. The summed E-state index contributed by atoms with van der Waals surface area (Å²) in [6.45, 7) is 3.19. The third kappa shape index (κ3) is 7.22. The number of methoxy groups -OCH3 is 1. The molecular formula is C24H27N3O4. The first kappa shape index (κ1) is 22.0. The van der Waals surface area contributed by atoms with E-state index < -0.39 is 0 Å². The molecule has 0 aliphatic heterocycles. The van der Waals surface area contributed by atoms with Crippen LogP contribution in [0.4, 0.5) is 11.5 Å². The molecule has 2 aromatic carbocycles. The number of nitrogens with one attached hydrogen (secondary N) is 2. The first-order valence-corrected chi connectivity index (χ1v) is 10.1. The minimum Gasteiger partial charge on any atom is -0.497 e.